The van der Waals surface area contributed by atoms with E-state index in [1.165, 1.54) is 36.4 Å². The minimum absolute atomic E-state index is 0.0382. The maximum atomic E-state index is 13.8. The Bertz CT molecular complexity index is 1490. The summed E-state index contributed by atoms with van der Waals surface area (Å²) in [5.74, 6) is -3.73. The number of fused-ring (bicyclic) bond motifs is 1. The third kappa shape index (κ3) is 5.80. The van der Waals surface area contributed by atoms with Crippen LogP contribution in [-0.2, 0) is 10.9 Å². The van der Waals surface area contributed by atoms with E-state index in [1.54, 1.807) is 37.3 Å². The van der Waals surface area contributed by atoms with Gasteiger partial charge in [0.2, 0.25) is 11.2 Å². The molecule has 0 unspecified atom stereocenters. The van der Waals surface area contributed by atoms with Gasteiger partial charge in [0.15, 0.2) is 12.4 Å². The molecule has 0 saturated heterocycles. The summed E-state index contributed by atoms with van der Waals surface area (Å²) in [6.07, 6.45) is -5.06. The van der Waals surface area contributed by atoms with E-state index in [2.05, 4.69) is 0 Å². The van der Waals surface area contributed by atoms with Gasteiger partial charge in [-0.15, -0.1) is 0 Å². The van der Waals surface area contributed by atoms with Crippen LogP contribution < -0.4 is 14.9 Å². The first kappa shape index (κ1) is 25.5. The molecule has 4 aromatic rings. The molecule has 0 bridgehead atoms. The van der Waals surface area contributed by atoms with Crippen molar-refractivity contribution in [3.63, 3.8) is 0 Å². The van der Waals surface area contributed by atoms with Gasteiger partial charge in [0.25, 0.3) is 5.76 Å². The van der Waals surface area contributed by atoms with E-state index >= 15 is 0 Å². The zero-order valence-corrected chi connectivity index (χ0v) is 19.3. The summed E-state index contributed by atoms with van der Waals surface area (Å²) >= 11 is 0. The average Bonchev–Trinajstić information content (AvgIpc) is 2.89. The van der Waals surface area contributed by atoms with Crippen LogP contribution in [0.3, 0.4) is 0 Å². The lowest BCUT2D eigenvalue weighted by molar-refractivity contribution is -0.154. The summed E-state index contributed by atoms with van der Waals surface area (Å²) in [7, 11) is 0. The molecule has 0 aliphatic heterocycles. The van der Waals surface area contributed by atoms with Gasteiger partial charge in [-0.25, -0.2) is 4.79 Å². The van der Waals surface area contributed by atoms with Crippen molar-refractivity contribution in [3.05, 3.63) is 99.9 Å². The van der Waals surface area contributed by atoms with E-state index in [4.69, 9.17) is 18.6 Å². The number of halogens is 3. The third-order valence-electron chi connectivity index (χ3n) is 5.13. The largest absolute Gasteiger partial charge is 0.485 e. The Balaban J connectivity index is 1.63. The highest BCUT2D eigenvalue weighted by atomic mass is 19.4. The van der Waals surface area contributed by atoms with E-state index < -0.39 is 34.7 Å². The van der Waals surface area contributed by atoms with Crippen molar-refractivity contribution < 1.29 is 41.4 Å². The number of ketones is 1. The zero-order valence-electron chi connectivity index (χ0n) is 19.3. The Labute approximate surface area is 208 Å². The van der Waals surface area contributed by atoms with Gasteiger partial charge >= 0.3 is 12.1 Å². The van der Waals surface area contributed by atoms with Crippen molar-refractivity contribution in [3.8, 4) is 17.2 Å². The molecule has 37 heavy (non-hydrogen) atoms. The predicted octanol–water partition coefficient (Wildman–Crippen LogP) is 6.04. The van der Waals surface area contributed by atoms with Crippen LogP contribution in [0.5, 0.6) is 17.2 Å². The molecule has 1 heterocycles. The molecule has 0 aliphatic carbocycles. The Kier molecular flexibility index (Phi) is 7.28. The first-order valence-corrected chi connectivity index (χ1v) is 11.0. The molecule has 3 aromatic carbocycles. The van der Waals surface area contributed by atoms with Crippen molar-refractivity contribution >= 4 is 22.7 Å². The van der Waals surface area contributed by atoms with Crippen molar-refractivity contribution in [2.24, 2.45) is 0 Å². The number of alkyl halides is 3. The summed E-state index contributed by atoms with van der Waals surface area (Å²) < 4.78 is 62.0. The van der Waals surface area contributed by atoms with Crippen LogP contribution in [0.25, 0.3) is 11.0 Å². The number of Topliss-reactive ketones (excluding diaryl/α,β-unsaturated/α-hetero) is 1. The van der Waals surface area contributed by atoms with Crippen molar-refractivity contribution in [1.29, 1.82) is 0 Å². The van der Waals surface area contributed by atoms with E-state index in [-0.39, 0.29) is 41.4 Å². The first-order chi connectivity index (χ1) is 17.7. The van der Waals surface area contributed by atoms with Crippen molar-refractivity contribution in [2.45, 2.75) is 13.1 Å². The van der Waals surface area contributed by atoms with Gasteiger partial charge in [0, 0.05) is 11.6 Å². The summed E-state index contributed by atoms with van der Waals surface area (Å²) in [6, 6.07) is 17.0. The Hall–Kier alpha value is -4.60. The average molecular weight is 512 g/mol. The predicted molar refractivity (Wildman–Crippen MR) is 126 cm³/mol. The smallest absolute Gasteiger partial charge is 0.453 e. The normalized spacial score (nSPS) is 11.2. The molecule has 4 rings (SSSR count). The molecule has 0 aliphatic rings. The summed E-state index contributed by atoms with van der Waals surface area (Å²) in [4.78, 5) is 37.0. The summed E-state index contributed by atoms with van der Waals surface area (Å²) in [5.41, 5.74) is -0.887. The molecule has 0 atom stereocenters. The zero-order chi connectivity index (χ0) is 26.6. The van der Waals surface area contributed by atoms with Crippen LogP contribution >= 0.6 is 0 Å². The molecule has 10 heteroatoms. The van der Waals surface area contributed by atoms with E-state index in [1.807, 2.05) is 0 Å². The fourth-order valence-electron chi connectivity index (χ4n) is 3.37. The van der Waals surface area contributed by atoms with E-state index in [0.29, 0.717) is 5.56 Å². The minimum Gasteiger partial charge on any atom is -0.485 e. The van der Waals surface area contributed by atoms with E-state index in [9.17, 15) is 27.6 Å². The third-order valence-corrected chi connectivity index (χ3v) is 5.13. The lowest BCUT2D eigenvalue weighted by atomic mass is 10.1. The fourth-order valence-corrected chi connectivity index (χ4v) is 3.37. The van der Waals surface area contributed by atoms with Gasteiger partial charge < -0.3 is 18.6 Å². The molecule has 0 fully saturated rings. The molecule has 0 radical (unpaired) electrons. The number of ether oxygens (including phenoxy) is 3. The SMILES string of the molecule is CCOC(=O)c1ccc(Oc2c(C(F)(F)F)oc3cc(OCC(=O)c4ccccc4)ccc3c2=O)cc1. The summed E-state index contributed by atoms with van der Waals surface area (Å²) in [5, 5.41) is -0.187. The van der Waals surface area contributed by atoms with Crippen LogP contribution in [-0.4, -0.2) is 25.0 Å². The quantitative estimate of drug-likeness (QED) is 0.210. The van der Waals surface area contributed by atoms with Crippen molar-refractivity contribution in [2.75, 3.05) is 13.2 Å². The van der Waals surface area contributed by atoms with Crippen LogP contribution in [0.4, 0.5) is 13.2 Å². The van der Waals surface area contributed by atoms with Gasteiger partial charge in [-0.3, -0.25) is 9.59 Å². The molecule has 0 spiro atoms. The lowest BCUT2D eigenvalue weighted by Crippen LogP contribution is -2.16. The second kappa shape index (κ2) is 10.6. The molecule has 7 nitrogen and oxygen atoms in total. The standard InChI is InChI=1S/C27H19F3O7/c1-2-34-26(33)17-8-10-18(11-9-17)36-24-23(32)20-13-12-19(14-22(20)37-25(24)27(28,29)30)35-15-21(31)16-6-4-3-5-7-16/h3-14H,2,15H2,1H3. The van der Waals surface area contributed by atoms with Gasteiger partial charge in [0.05, 0.1) is 17.6 Å². The molecular weight excluding hydrogens is 493 g/mol. The first-order valence-electron chi connectivity index (χ1n) is 11.0. The molecule has 0 saturated carbocycles. The minimum atomic E-state index is -5.06. The van der Waals surface area contributed by atoms with Crippen LogP contribution in [0.15, 0.2) is 82.0 Å². The lowest BCUT2D eigenvalue weighted by Gasteiger charge is -2.14. The second-order valence-electron chi connectivity index (χ2n) is 7.67. The highest BCUT2D eigenvalue weighted by Crippen LogP contribution is 2.38. The van der Waals surface area contributed by atoms with Crippen LogP contribution in [0, 0.1) is 0 Å². The molecule has 1 aromatic heterocycles. The monoisotopic (exact) mass is 512 g/mol. The van der Waals surface area contributed by atoms with Gasteiger partial charge in [-0.2, -0.15) is 13.2 Å². The maximum Gasteiger partial charge on any atom is 0.453 e. The van der Waals surface area contributed by atoms with Crippen molar-refractivity contribution in [1.82, 2.24) is 0 Å². The maximum absolute atomic E-state index is 13.8. The molecule has 190 valence electrons. The van der Waals surface area contributed by atoms with E-state index in [0.717, 1.165) is 6.07 Å². The second-order valence-corrected chi connectivity index (χ2v) is 7.67. The number of carbonyl (C=O) groups is 2. The van der Waals surface area contributed by atoms with Gasteiger partial charge in [0.1, 0.15) is 17.1 Å². The Morgan fingerprint density at radius 3 is 2.22 bits per heavy atom. The highest BCUT2D eigenvalue weighted by Gasteiger charge is 2.40. The molecule has 0 N–H and O–H groups in total. The number of benzene rings is 3. The van der Waals surface area contributed by atoms with Gasteiger partial charge in [-0.1, -0.05) is 30.3 Å². The number of hydrogen-bond donors (Lipinski definition) is 0. The summed E-state index contributed by atoms with van der Waals surface area (Å²) in [6.45, 7) is 1.42. The molecule has 0 amide bonds. The number of esters is 1. The number of rotatable bonds is 8. The van der Waals surface area contributed by atoms with Crippen LogP contribution in [0.2, 0.25) is 0 Å². The fraction of sp³-hybridized carbons (Fsp3) is 0.148. The Morgan fingerprint density at radius 2 is 1.57 bits per heavy atom. The van der Waals surface area contributed by atoms with Gasteiger partial charge in [-0.05, 0) is 43.3 Å². The number of carbonyl (C=O) groups excluding carboxylic acids is 2. The van der Waals surface area contributed by atoms with Crippen LogP contribution in [0.1, 0.15) is 33.4 Å². The Morgan fingerprint density at radius 1 is 0.892 bits per heavy atom. The topological polar surface area (TPSA) is 92.0 Å². The highest BCUT2D eigenvalue weighted by molar-refractivity contribution is 5.97. The molecular formula is C27H19F3O7. The number of hydrogen-bond acceptors (Lipinski definition) is 7.